The van der Waals surface area contributed by atoms with E-state index in [1.807, 2.05) is 0 Å². The van der Waals surface area contributed by atoms with Gasteiger partial charge in [-0.3, -0.25) is 0 Å². The summed E-state index contributed by atoms with van der Waals surface area (Å²) >= 11 is 0. The third-order valence-corrected chi connectivity index (χ3v) is 3.67. The van der Waals surface area contributed by atoms with Gasteiger partial charge < -0.3 is 5.73 Å². The summed E-state index contributed by atoms with van der Waals surface area (Å²) in [6.07, 6.45) is 5.67. The molecular weight excluding hydrogens is 202 g/mol. The van der Waals surface area contributed by atoms with Crippen LogP contribution in [0.1, 0.15) is 6.42 Å². The van der Waals surface area contributed by atoms with Crippen LogP contribution in [-0.4, -0.2) is 50.8 Å². The van der Waals surface area contributed by atoms with E-state index in [0.29, 0.717) is 19.5 Å². The van der Waals surface area contributed by atoms with Crippen LogP contribution in [-0.2, 0) is 10.2 Å². The Balaban J connectivity index is 4.38. The Hall–Kier alpha value is -0.610. The van der Waals surface area contributed by atoms with E-state index in [0.717, 1.165) is 4.31 Å². The third-order valence-electron chi connectivity index (χ3n) is 1.78. The molecule has 0 saturated heterocycles. The van der Waals surface area contributed by atoms with Gasteiger partial charge in [0.05, 0.1) is 6.54 Å². The maximum absolute atomic E-state index is 11.6. The lowest BCUT2D eigenvalue weighted by Crippen LogP contribution is -2.40. The summed E-state index contributed by atoms with van der Waals surface area (Å²) in [6, 6.07) is 0. The maximum Gasteiger partial charge on any atom is 0.282 e. The van der Waals surface area contributed by atoms with Crippen molar-refractivity contribution in [2.45, 2.75) is 6.42 Å². The van der Waals surface area contributed by atoms with Gasteiger partial charge in [-0.25, -0.2) is 0 Å². The minimum atomic E-state index is -3.40. The molecule has 0 aromatic rings. The lowest BCUT2D eigenvalue weighted by atomic mass is 10.4. The van der Waals surface area contributed by atoms with Crippen LogP contribution >= 0.6 is 0 Å². The predicted molar refractivity (Wildman–Crippen MR) is 56.7 cm³/mol. The molecule has 0 aromatic heterocycles. The average Bonchev–Trinajstić information content (AvgIpc) is 2.14. The molecule has 2 N–H and O–H groups in total. The Morgan fingerprint density at radius 3 is 2.36 bits per heavy atom. The van der Waals surface area contributed by atoms with Crippen molar-refractivity contribution in [2.75, 3.05) is 33.7 Å². The van der Waals surface area contributed by atoms with Gasteiger partial charge in [-0.1, -0.05) is 5.92 Å². The summed E-state index contributed by atoms with van der Waals surface area (Å²) < 4.78 is 25.7. The van der Waals surface area contributed by atoms with Crippen LogP contribution < -0.4 is 5.73 Å². The van der Waals surface area contributed by atoms with Crippen LogP contribution in [0, 0.1) is 12.3 Å². The van der Waals surface area contributed by atoms with Crippen molar-refractivity contribution in [1.29, 1.82) is 0 Å². The Labute approximate surface area is 86.0 Å². The molecule has 0 atom stereocenters. The summed E-state index contributed by atoms with van der Waals surface area (Å²) in [6.45, 7) is 0.960. The second-order valence-corrected chi connectivity index (χ2v) is 5.07. The molecule has 0 aromatic carbocycles. The Bertz CT molecular complexity index is 294. The fourth-order valence-electron chi connectivity index (χ4n) is 0.877. The molecule has 5 nitrogen and oxygen atoms in total. The maximum atomic E-state index is 11.6. The highest BCUT2D eigenvalue weighted by Crippen LogP contribution is 2.03. The van der Waals surface area contributed by atoms with Crippen LogP contribution in [0.25, 0.3) is 0 Å². The number of hydrogen-bond donors (Lipinski definition) is 1. The number of nitrogens with two attached hydrogens (primary N) is 1. The highest BCUT2D eigenvalue weighted by Gasteiger charge is 2.21. The molecule has 0 rings (SSSR count). The second kappa shape index (κ2) is 5.98. The zero-order valence-electron chi connectivity index (χ0n) is 8.60. The second-order valence-electron chi connectivity index (χ2n) is 2.93. The largest absolute Gasteiger partial charge is 0.330 e. The Kier molecular flexibility index (Phi) is 5.72. The van der Waals surface area contributed by atoms with E-state index in [4.69, 9.17) is 12.2 Å². The molecule has 6 heteroatoms. The molecular formula is C8H17N3O2S. The van der Waals surface area contributed by atoms with Gasteiger partial charge >= 0.3 is 0 Å². The van der Waals surface area contributed by atoms with Crippen LogP contribution in [0.3, 0.4) is 0 Å². The minimum Gasteiger partial charge on any atom is -0.330 e. The van der Waals surface area contributed by atoms with Gasteiger partial charge in [0.2, 0.25) is 0 Å². The highest BCUT2D eigenvalue weighted by molar-refractivity contribution is 7.86. The van der Waals surface area contributed by atoms with E-state index in [2.05, 4.69) is 5.92 Å². The number of hydrogen-bond acceptors (Lipinski definition) is 3. The van der Waals surface area contributed by atoms with Gasteiger partial charge in [0.15, 0.2) is 0 Å². The smallest absolute Gasteiger partial charge is 0.282 e. The Morgan fingerprint density at radius 2 is 1.93 bits per heavy atom. The van der Waals surface area contributed by atoms with Crippen molar-refractivity contribution in [3.63, 3.8) is 0 Å². The first-order valence-electron chi connectivity index (χ1n) is 4.28. The first-order chi connectivity index (χ1) is 6.46. The molecule has 0 heterocycles. The summed E-state index contributed by atoms with van der Waals surface area (Å²) in [5, 5.41) is 0. The molecule has 0 aliphatic heterocycles. The molecule has 0 fully saturated rings. The molecule has 0 bridgehead atoms. The lowest BCUT2D eigenvalue weighted by Gasteiger charge is -2.22. The van der Waals surface area contributed by atoms with Gasteiger partial charge in [-0.15, -0.1) is 6.42 Å². The average molecular weight is 219 g/mol. The molecule has 0 saturated carbocycles. The van der Waals surface area contributed by atoms with Crippen LogP contribution in [0.5, 0.6) is 0 Å². The van der Waals surface area contributed by atoms with Gasteiger partial charge in [-0.2, -0.15) is 17.0 Å². The SMILES string of the molecule is C#CCN(C)S(=O)(=O)N(C)CCCN. The number of nitrogens with zero attached hydrogens (tertiary/aromatic N) is 2. The highest BCUT2D eigenvalue weighted by atomic mass is 32.2. The lowest BCUT2D eigenvalue weighted by molar-refractivity contribution is 0.405. The Morgan fingerprint density at radius 1 is 1.36 bits per heavy atom. The molecule has 14 heavy (non-hydrogen) atoms. The molecule has 0 amide bonds. The van der Waals surface area contributed by atoms with Gasteiger partial charge in [0.25, 0.3) is 10.2 Å². The molecule has 0 aliphatic rings. The van der Waals surface area contributed by atoms with Gasteiger partial charge in [0.1, 0.15) is 0 Å². The van der Waals surface area contributed by atoms with E-state index in [1.165, 1.54) is 18.4 Å². The van der Waals surface area contributed by atoms with Crippen molar-refractivity contribution in [1.82, 2.24) is 8.61 Å². The van der Waals surface area contributed by atoms with Crippen molar-refractivity contribution >= 4 is 10.2 Å². The quantitative estimate of drug-likeness (QED) is 0.587. The minimum absolute atomic E-state index is 0.0787. The van der Waals surface area contributed by atoms with E-state index < -0.39 is 10.2 Å². The third kappa shape index (κ3) is 3.64. The van der Waals surface area contributed by atoms with Crippen LogP contribution in [0.4, 0.5) is 0 Å². The van der Waals surface area contributed by atoms with Crippen molar-refractivity contribution in [3.8, 4) is 12.3 Å². The van der Waals surface area contributed by atoms with Crippen LogP contribution in [0.2, 0.25) is 0 Å². The molecule has 0 spiro atoms. The summed E-state index contributed by atoms with van der Waals surface area (Å²) in [5.41, 5.74) is 5.29. The van der Waals surface area contributed by atoms with Gasteiger partial charge in [0, 0.05) is 20.6 Å². The van der Waals surface area contributed by atoms with Crippen molar-refractivity contribution < 1.29 is 8.42 Å². The molecule has 0 aliphatic carbocycles. The van der Waals surface area contributed by atoms with Gasteiger partial charge in [-0.05, 0) is 13.0 Å². The predicted octanol–water partition coefficient (Wildman–Crippen LogP) is -0.923. The standard InChI is InChI=1S/C8H17N3O2S/c1-4-7-10(2)14(12,13)11(3)8-5-6-9/h1H,5-9H2,2-3H3. The summed E-state index contributed by atoms with van der Waals surface area (Å²) in [7, 11) is -0.440. The first-order valence-corrected chi connectivity index (χ1v) is 5.67. The summed E-state index contributed by atoms with van der Waals surface area (Å²) in [5.74, 6) is 2.28. The van der Waals surface area contributed by atoms with Crippen molar-refractivity contribution in [3.05, 3.63) is 0 Å². The first kappa shape index (κ1) is 13.4. The monoisotopic (exact) mass is 219 g/mol. The zero-order valence-corrected chi connectivity index (χ0v) is 9.42. The van der Waals surface area contributed by atoms with E-state index >= 15 is 0 Å². The fourth-order valence-corrected chi connectivity index (χ4v) is 1.95. The summed E-state index contributed by atoms with van der Waals surface area (Å²) in [4.78, 5) is 0. The zero-order chi connectivity index (χ0) is 11.2. The van der Waals surface area contributed by atoms with Crippen molar-refractivity contribution in [2.24, 2.45) is 5.73 Å². The van der Waals surface area contributed by atoms with E-state index in [1.54, 1.807) is 0 Å². The fraction of sp³-hybridized carbons (Fsp3) is 0.750. The molecule has 0 radical (unpaired) electrons. The normalized spacial score (nSPS) is 12.0. The van der Waals surface area contributed by atoms with Crippen LogP contribution in [0.15, 0.2) is 0 Å². The molecule has 82 valence electrons. The van der Waals surface area contributed by atoms with E-state index in [-0.39, 0.29) is 6.54 Å². The number of terminal acetylenes is 1. The topological polar surface area (TPSA) is 66.6 Å². The van der Waals surface area contributed by atoms with E-state index in [9.17, 15) is 8.42 Å². The number of rotatable bonds is 6. The molecule has 0 unspecified atom stereocenters.